The molecule has 1 saturated heterocycles. The lowest BCUT2D eigenvalue weighted by Gasteiger charge is -2.24. The smallest absolute Gasteiger partial charge is 0.417 e. The van der Waals surface area contributed by atoms with Gasteiger partial charge in [-0.2, -0.15) is 4.31 Å². The summed E-state index contributed by atoms with van der Waals surface area (Å²) in [6, 6.07) is 11.8. The van der Waals surface area contributed by atoms with Crippen molar-refractivity contribution in [1.82, 2.24) is 9.29 Å². The van der Waals surface area contributed by atoms with Gasteiger partial charge in [-0.25, -0.2) is 13.2 Å². The summed E-state index contributed by atoms with van der Waals surface area (Å²) < 4.78 is 38.4. The summed E-state index contributed by atoms with van der Waals surface area (Å²) in [7, 11) is -3.70. The van der Waals surface area contributed by atoms with Crippen LogP contribution < -0.4 is 10.5 Å². The van der Waals surface area contributed by atoms with E-state index in [9.17, 15) is 13.2 Å². The molecular formula is C19H20N2O5S. The third-order valence-electron chi connectivity index (χ3n) is 4.78. The van der Waals surface area contributed by atoms with Gasteiger partial charge in [0.1, 0.15) is 5.75 Å². The Morgan fingerprint density at radius 1 is 1.22 bits per heavy atom. The topological polar surface area (TPSA) is 92.6 Å². The number of aromatic amines is 1. The SMILES string of the molecule is CCOc1ccc([C@@H]2CCCN2S(=O)(=O)c2ccc3oc(=O)[nH]c3c2)cc1. The molecule has 2 aromatic carbocycles. The number of ether oxygens (including phenoxy) is 1. The first kappa shape index (κ1) is 17.8. The molecule has 27 heavy (non-hydrogen) atoms. The molecule has 1 aliphatic heterocycles. The molecule has 1 atom stereocenters. The summed E-state index contributed by atoms with van der Waals surface area (Å²) in [6.45, 7) is 2.96. The molecule has 4 rings (SSSR count). The maximum absolute atomic E-state index is 13.2. The van der Waals surface area contributed by atoms with Gasteiger partial charge < -0.3 is 9.15 Å². The Labute approximate surface area is 156 Å². The second-order valence-electron chi connectivity index (χ2n) is 6.45. The average molecular weight is 388 g/mol. The van der Waals surface area contributed by atoms with Crippen LogP contribution in [-0.4, -0.2) is 30.9 Å². The van der Waals surface area contributed by atoms with E-state index in [1.54, 1.807) is 0 Å². The van der Waals surface area contributed by atoms with E-state index in [0.717, 1.165) is 24.2 Å². The number of H-pyrrole nitrogens is 1. The van der Waals surface area contributed by atoms with Crippen molar-refractivity contribution < 1.29 is 17.6 Å². The molecule has 0 unspecified atom stereocenters. The van der Waals surface area contributed by atoms with Crippen LogP contribution in [0.25, 0.3) is 11.1 Å². The lowest BCUT2D eigenvalue weighted by atomic mass is 10.1. The van der Waals surface area contributed by atoms with Crippen LogP contribution in [0.4, 0.5) is 0 Å². The van der Waals surface area contributed by atoms with Crippen molar-refractivity contribution in [2.24, 2.45) is 0 Å². The highest BCUT2D eigenvalue weighted by Gasteiger charge is 2.36. The summed E-state index contributed by atoms with van der Waals surface area (Å²) >= 11 is 0. The molecule has 3 aromatic rings. The van der Waals surface area contributed by atoms with Crippen molar-refractivity contribution in [1.29, 1.82) is 0 Å². The van der Waals surface area contributed by atoms with Crippen LogP contribution in [0.3, 0.4) is 0 Å². The third-order valence-corrected chi connectivity index (χ3v) is 6.68. The van der Waals surface area contributed by atoms with Crippen LogP contribution in [-0.2, 0) is 10.0 Å². The Hall–Kier alpha value is -2.58. The first-order chi connectivity index (χ1) is 13.0. The van der Waals surface area contributed by atoms with Gasteiger partial charge in [0.15, 0.2) is 5.58 Å². The van der Waals surface area contributed by atoms with Gasteiger partial charge in [-0.05, 0) is 55.7 Å². The molecule has 0 spiro atoms. The Kier molecular flexibility index (Phi) is 4.53. The quantitative estimate of drug-likeness (QED) is 0.725. The number of nitrogens with zero attached hydrogens (tertiary/aromatic N) is 1. The zero-order valence-corrected chi connectivity index (χ0v) is 15.7. The maximum atomic E-state index is 13.2. The number of rotatable bonds is 5. The molecule has 0 aliphatic carbocycles. The number of oxazole rings is 1. The zero-order valence-electron chi connectivity index (χ0n) is 14.8. The minimum atomic E-state index is -3.70. The van der Waals surface area contributed by atoms with Crippen LogP contribution in [0.15, 0.2) is 56.6 Å². The highest BCUT2D eigenvalue weighted by Crippen LogP contribution is 2.37. The van der Waals surface area contributed by atoms with Crippen molar-refractivity contribution in [3.63, 3.8) is 0 Å². The van der Waals surface area contributed by atoms with Gasteiger partial charge >= 0.3 is 5.76 Å². The fraction of sp³-hybridized carbons (Fsp3) is 0.316. The van der Waals surface area contributed by atoms with E-state index in [0.29, 0.717) is 24.3 Å². The Balaban J connectivity index is 1.67. The molecule has 7 nitrogen and oxygen atoms in total. The van der Waals surface area contributed by atoms with E-state index in [2.05, 4.69) is 4.98 Å². The van der Waals surface area contributed by atoms with Crippen LogP contribution in [0, 0.1) is 0 Å². The normalized spacial score (nSPS) is 18.2. The fourth-order valence-corrected chi connectivity index (χ4v) is 5.25. The molecule has 1 aromatic heterocycles. The molecule has 0 saturated carbocycles. The van der Waals surface area contributed by atoms with E-state index in [-0.39, 0.29) is 10.9 Å². The van der Waals surface area contributed by atoms with Crippen molar-refractivity contribution in [3.8, 4) is 5.75 Å². The predicted molar refractivity (Wildman–Crippen MR) is 100 cm³/mol. The molecule has 8 heteroatoms. The lowest BCUT2D eigenvalue weighted by molar-refractivity contribution is 0.339. The van der Waals surface area contributed by atoms with Gasteiger partial charge in [0, 0.05) is 6.54 Å². The number of hydrogen-bond donors (Lipinski definition) is 1. The van der Waals surface area contributed by atoms with Gasteiger partial charge in [0.05, 0.1) is 23.1 Å². The van der Waals surface area contributed by atoms with Gasteiger partial charge in [-0.15, -0.1) is 0 Å². The second kappa shape index (κ2) is 6.86. The highest BCUT2D eigenvalue weighted by atomic mass is 32.2. The second-order valence-corrected chi connectivity index (χ2v) is 8.34. The Bertz CT molecular complexity index is 1110. The number of nitrogens with one attached hydrogen (secondary N) is 1. The molecule has 1 fully saturated rings. The fourth-order valence-electron chi connectivity index (χ4n) is 3.54. The third kappa shape index (κ3) is 3.26. The molecule has 1 aliphatic rings. The van der Waals surface area contributed by atoms with E-state index in [1.165, 1.54) is 22.5 Å². The van der Waals surface area contributed by atoms with Crippen LogP contribution in [0.2, 0.25) is 0 Å². The van der Waals surface area contributed by atoms with Gasteiger partial charge in [0.2, 0.25) is 10.0 Å². The summed E-state index contributed by atoms with van der Waals surface area (Å²) in [6.07, 6.45) is 1.56. The highest BCUT2D eigenvalue weighted by molar-refractivity contribution is 7.89. The minimum Gasteiger partial charge on any atom is -0.494 e. The van der Waals surface area contributed by atoms with Gasteiger partial charge in [-0.1, -0.05) is 12.1 Å². The average Bonchev–Trinajstić information content (AvgIpc) is 3.28. The first-order valence-corrected chi connectivity index (χ1v) is 10.3. The molecular weight excluding hydrogens is 368 g/mol. The first-order valence-electron chi connectivity index (χ1n) is 8.86. The van der Waals surface area contributed by atoms with Crippen molar-refractivity contribution in [2.45, 2.75) is 30.7 Å². The summed E-state index contributed by atoms with van der Waals surface area (Å²) in [4.78, 5) is 14.0. The molecule has 0 bridgehead atoms. The summed E-state index contributed by atoms with van der Waals surface area (Å²) in [5, 5.41) is 0. The van der Waals surface area contributed by atoms with E-state index in [4.69, 9.17) is 9.15 Å². The molecule has 2 heterocycles. The van der Waals surface area contributed by atoms with E-state index in [1.807, 2.05) is 31.2 Å². The van der Waals surface area contributed by atoms with E-state index >= 15 is 0 Å². The number of aromatic nitrogens is 1. The Morgan fingerprint density at radius 2 is 2.00 bits per heavy atom. The monoisotopic (exact) mass is 388 g/mol. The number of sulfonamides is 1. The minimum absolute atomic E-state index is 0.143. The molecule has 0 amide bonds. The molecule has 0 radical (unpaired) electrons. The van der Waals surface area contributed by atoms with Crippen LogP contribution in [0.5, 0.6) is 5.75 Å². The number of hydrogen-bond acceptors (Lipinski definition) is 5. The zero-order chi connectivity index (χ0) is 19.0. The van der Waals surface area contributed by atoms with Crippen molar-refractivity contribution >= 4 is 21.1 Å². The predicted octanol–water partition coefficient (Wildman–Crippen LogP) is 3.05. The Morgan fingerprint density at radius 3 is 2.74 bits per heavy atom. The number of fused-ring (bicyclic) bond motifs is 1. The number of benzene rings is 2. The molecule has 1 N–H and O–H groups in total. The van der Waals surface area contributed by atoms with E-state index < -0.39 is 15.8 Å². The van der Waals surface area contributed by atoms with Gasteiger partial charge in [0.25, 0.3) is 0 Å². The van der Waals surface area contributed by atoms with Crippen molar-refractivity contribution in [3.05, 3.63) is 58.6 Å². The largest absolute Gasteiger partial charge is 0.494 e. The summed E-state index contributed by atoms with van der Waals surface area (Å²) in [5.74, 6) is 0.163. The van der Waals surface area contributed by atoms with Crippen LogP contribution >= 0.6 is 0 Å². The van der Waals surface area contributed by atoms with Crippen molar-refractivity contribution in [2.75, 3.05) is 13.2 Å². The maximum Gasteiger partial charge on any atom is 0.417 e. The lowest BCUT2D eigenvalue weighted by Crippen LogP contribution is -2.30. The van der Waals surface area contributed by atoms with Gasteiger partial charge in [-0.3, -0.25) is 4.98 Å². The molecule has 142 valence electrons. The standard InChI is InChI=1S/C19H20N2O5S/c1-2-25-14-7-5-13(6-8-14)17-4-3-11-21(17)27(23,24)15-9-10-18-16(12-15)20-19(22)26-18/h5-10,12,17H,2-4,11H2,1H3,(H,20,22)/t17-/m0/s1. The van der Waals surface area contributed by atoms with Crippen LogP contribution in [0.1, 0.15) is 31.4 Å². The summed E-state index contributed by atoms with van der Waals surface area (Å²) in [5.41, 5.74) is 1.65.